The zero-order valence-corrected chi connectivity index (χ0v) is 9.15. The van der Waals surface area contributed by atoms with Gasteiger partial charge in [0.25, 0.3) is 0 Å². The molecule has 0 radical (unpaired) electrons. The molecule has 1 amide bonds. The minimum absolute atomic E-state index is 0.285. The Morgan fingerprint density at radius 3 is 2.67 bits per heavy atom. The second-order valence-electron chi connectivity index (χ2n) is 2.61. The monoisotopic (exact) mass is 239 g/mol. The Morgan fingerprint density at radius 2 is 2.27 bits per heavy atom. The van der Waals surface area contributed by atoms with Gasteiger partial charge in [0.1, 0.15) is 0 Å². The number of carbonyl (C=O) groups is 1. The Balaban J connectivity index is 3.98. The number of alkyl carbamates (subject to hydrolysis) is 1. The number of hydrogen-bond donors (Lipinski definition) is 3. The number of ether oxygens (including phenoxy) is 1. The second-order valence-corrected chi connectivity index (χ2v) is 3.85. The topological polar surface area (TPSA) is 105 Å². The average molecular weight is 239 g/mol. The van der Waals surface area contributed by atoms with Gasteiger partial charge in [-0.05, 0) is 6.42 Å². The maximum atomic E-state index is 10.9. The Bertz CT molecular complexity index is 262. The number of rotatable bonds is 6. The maximum absolute atomic E-state index is 10.9. The van der Waals surface area contributed by atoms with Crippen molar-refractivity contribution in [2.24, 2.45) is 0 Å². The Labute approximate surface area is 87.3 Å². The van der Waals surface area contributed by atoms with Gasteiger partial charge in [-0.1, -0.05) is 13.5 Å². The molecule has 0 aromatic rings. The Morgan fingerprint density at radius 1 is 1.67 bits per heavy atom. The van der Waals surface area contributed by atoms with Crippen LogP contribution in [0.25, 0.3) is 0 Å². The number of phosphoric acid groups is 1. The first-order chi connectivity index (χ1) is 6.89. The first kappa shape index (κ1) is 14.1. The van der Waals surface area contributed by atoms with Crippen LogP contribution in [0, 0.1) is 0 Å². The summed E-state index contributed by atoms with van der Waals surface area (Å²) in [5, 5.41) is 2.34. The molecule has 3 N–H and O–H groups in total. The third-order valence-electron chi connectivity index (χ3n) is 1.45. The SMILES string of the molecule is C=COC(=O)NC(CC)COP(=O)(O)O. The first-order valence-electron chi connectivity index (χ1n) is 4.17. The molecule has 1 atom stereocenters. The molecule has 0 aliphatic rings. The van der Waals surface area contributed by atoms with E-state index < -0.39 is 20.0 Å². The van der Waals surface area contributed by atoms with E-state index in [0.29, 0.717) is 6.42 Å². The van der Waals surface area contributed by atoms with Crippen LogP contribution in [-0.4, -0.2) is 28.5 Å². The van der Waals surface area contributed by atoms with Gasteiger partial charge < -0.3 is 19.8 Å². The van der Waals surface area contributed by atoms with Gasteiger partial charge in [-0.25, -0.2) is 9.36 Å². The van der Waals surface area contributed by atoms with Crippen LogP contribution in [0.15, 0.2) is 12.8 Å². The second kappa shape index (κ2) is 6.58. The summed E-state index contributed by atoms with van der Waals surface area (Å²) >= 11 is 0. The van der Waals surface area contributed by atoms with Gasteiger partial charge in [0.05, 0.1) is 18.9 Å². The summed E-state index contributed by atoms with van der Waals surface area (Å²) in [7, 11) is -4.50. The maximum Gasteiger partial charge on any atom is 0.469 e. The van der Waals surface area contributed by atoms with Crippen LogP contribution < -0.4 is 5.32 Å². The molecule has 0 aromatic heterocycles. The molecular weight excluding hydrogens is 225 g/mol. The average Bonchev–Trinajstić information content (AvgIpc) is 2.11. The van der Waals surface area contributed by atoms with E-state index in [9.17, 15) is 9.36 Å². The van der Waals surface area contributed by atoms with Crippen LogP contribution in [-0.2, 0) is 13.8 Å². The fourth-order valence-electron chi connectivity index (χ4n) is 0.725. The minimum Gasteiger partial charge on any atom is -0.419 e. The smallest absolute Gasteiger partial charge is 0.419 e. The molecule has 8 heteroatoms. The molecule has 0 aliphatic heterocycles. The molecule has 0 heterocycles. The standard InChI is InChI=1S/C7H14NO6P/c1-3-6(5-14-15(10,11)12)8-7(9)13-4-2/h4,6H,2-3,5H2,1H3,(H,8,9)(H2,10,11,12). The zero-order chi connectivity index (χ0) is 11.9. The number of phosphoric ester groups is 1. The van der Waals surface area contributed by atoms with Crippen molar-refractivity contribution in [1.82, 2.24) is 5.32 Å². The van der Waals surface area contributed by atoms with E-state index in [4.69, 9.17) is 9.79 Å². The molecule has 15 heavy (non-hydrogen) atoms. The summed E-state index contributed by atoms with van der Waals surface area (Å²) in [6.07, 6.45) is 0.657. The van der Waals surface area contributed by atoms with Crippen molar-refractivity contribution in [3.8, 4) is 0 Å². The highest BCUT2D eigenvalue weighted by Crippen LogP contribution is 2.35. The van der Waals surface area contributed by atoms with Gasteiger partial charge in [0.2, 0.25) is 0 Å². The van der Waals surface area contributed by atoms with Crippen LogP contribution in [0.1, 0.15) is 13.3 Å². The molecule has 0 spiro atoms. The van der Waals surface area contributed by atoms with E-state index >= 15 is 0 Å². The van der Waals surface area contributed by atoms with Crippen molar-refractivity contribution < 1.29 is 28.4 Å². The van der Waals surface area contributed by atoms with E-state index in [1.165, 1.54) is 0 Å². The Hall–Kier alpha value is -0.880. The fourth-order valence-corrected chi connectivity index (χ4v) is 1.10. The molecule has 1 unspecified atom stereocenters. The number of hydrogen-bond acceptors (Lipinski definition) is 4. The lowest BCUT2D eigenvalue weighted by Gasteiger charge is -2.16. The molecule has 7 nitrogen and oxygen atoms in total. The van der Waals surface area contributed by atoms with Gasteiger partial charge in [0.15, 0.2) is 0 Å². The third kappa shape index (κ3) is 8.14. The number of carbonyl (C=O) groups excluding carboxylic acids is 1. The molecule has 0 saturated carbocycles. The van der Waals surface area contributed by atoms with Gasteiger partial charge in [-0.2, -0.15) is 0 Å². The molecule has 0 bridgehead atoms. The molecule has 88 valence electrons. The predicted molar refractivity (Wildman–Crippen MR) is 51.9 cm³/mol. The summed E-state index contributed by atoms with van der Waals surface area (Å²) < 4.78 is 19.0. The summed E-state index contributed by atoms with van der Waals surface area (Å²) in [4.78, 5) is 27.7. The summed E-state index contributed by atoms with van der Waals surface area (Å²) in [5.41, 5.74) is 0. The van der Waals surface area contributed by atoms with Crippen LogP contribution in [0.3, 0.4) is 0 Å². The minimum atomic E-state index is -4.50. The van der Waals surface area contributed by atoms with Crippen molar-refractivity contribution >= 4 is 13.9 Å². The van der Waals surface area contributed by atoms with Gasteiger partial charge in [-0.3, -0.25) is 4.52 Å². The van der Waals surface area contributed by atoms with Gasteiger partial charge in [0, 0.05) is 0 Å². The van der Waals surface area contributed by atoms with Gasteiger partial charge >= 0.3 is 13.9 Å². The molecule has 0 rings (SSSR count). The van der Waals surface area contributed by atoms with Crippen LogP contribution in [0.2, 0.25) is 0 Å². The summed E-state index contributed by atoms with van der Waals surface area (Å²) in [5.74, 6) is 0. The summed E-state index contributed by atoms with van der Waals surface area (Å²) in [6, 6.07) is -0.523. The lowest BCUT2D eigenvalue weighted by atomic mass is 10.2. The number of amides is 1. The van der Waals surface area contributed by atoms with Crippen LogP contribution >= 0.6 is 7.82 Å². The van der Waals surface area contributed by atoms with Crippen LogP contribution in [0.5, 0.6) is 0 Å². The molecular formula is C7H14NO6P. The van der Waals surface area contributed by atoms with E-state index in [1.807, 2.05) is 0 Å². The normalized spacial score (nSPS) is 13.0. The van der Waals surface area contributed by atoms with Gasteiger partial charge in [-0.15, -0.1) is 0 Å². The highest BCUT2D eigenvalue weighted by molar-refractivity contribution is 7.46. The largest absolute Gasteiger partial charge is 0.469 e. The van der Waals surface area contributed by atoms with E-state index in [-0.39, 0.29) is 6.61 Å². The van der Waals surface area contributed by atoms with Crippen molar-refractivity contribution in [2.45, 2.75) is 19.4 Å². The molecule has 0 fully saturated rings. The molecule has 0 aliphatic carbocycles. The molecule has 0 saturated heterocycles. The highest BCUT2D eigenvalue weighted by atomic mass is 31.2. The van der Waals surface area contributed by atoms with E-state index in [1.54, 1.807) is 6.92 Å². The van der Waals surface area contributed by atoms with E-state index in [0.717, 1.165) is 6.26 Å². The third-order valence-corrected chi connectivity index (χ3v) is 1.93. The molecule has 0 aromatic carbocycles. The highest BCUT2D eigenvalue weighted by Gasteiger charge is 2.18. The fraction of sp³-hybridized carbons (Fsp3) is 0.571. The van der Waals surface area contributed by atoms with Crippen molar-refractivity contribution in [2.75, 3.05) is 6.61 Å². The van der Waals surface area contributed by atoms with Crippen molar-refractivity contribution in [1.29, 1.82) is 0 Å². The van der Waals surface area contributed by atoms with Crippen molar-refractivity contribution in [3.05, 3.63) is 12.8 Å². The Kier molecular flexibility index (Phi) is 6.19. The zero-order valence-electron chi connectivity index (χ0n) is 8.25. The van der Waals surface area contributed by atoms with Crippen LogP contribution in [0.4, 0.5) is 4.79 Å². The number of nitrogens with one attached hydrogen (secondary N) is 1. The lowest BCUT2D eigenvalue weighted by Crippen LogP contribution is -2.37. The van der Waals surface area contributed by atoms with E-state index in [2.05, 4.69) is 21.2 Å². The summed E-state index contributed by atoms with van der Waals surface area (Å²) in [6.45, 7) is 4.62. The first-order valence-corrected chi connectivity index (χ1v) is 5.70. The lowest BCUT2D eigenvalue weighted by molar-refractivity contribution is 0.155. The predicted octanol–water partition coefficient (Wildman–Crippen LogP) is 0.744. The quantitative estimate of drug-likeness (QED) is 0.466. The van der Waals surface area contributed by atoms with Crippen molar-refractivity contribution in [3.63, 3.8) is 0 Å².